The third-order valence-electron chi connectivity index (χ3n) is 2.80. The first kappa shape index (κ1) is 15.3. The van der Waals surface area contributed by atoms with Crippen LogP contribution in [0.15, 0.2) is 42.7 Å². The third kappa shape index (κ3) is 4.76. The normalized spacial score (nSPS) is 10.5. The Morgan fingerprint density at radius 3 is 2.57 bits per heavy atom. The summed E-state index contributed by atoms with van der Waals surface area (Å²) in [6.45, 7) is 4.75. The number of benzene rings is 1. The van der Waals surface area contributed by atoms with Crippen molar-refractivity contribution >= 4 is 28.9 Å². The molecule has 0 spiro atoms. The molecule has 5 heteroatoms. The average Bonchev–Trinajstić information content (AvgIpc) is 2.47. The molecule has 4 nitrogen and oxygen atoms in total. The molecule has 0 radical (unpaired) electrons. The maximum absolute atomic E-state index is 12.0. The SMILES string of the molecule is CC(C)CNC(=O)c1cncc(Nc2ccc(Cl)cc2)c1. The molecule has 2 aromatic rings. The molecule has 1 aromatic heterocycles. The highest BCUT2D eigenvalue weighted by Gasteiger charge is 2.07. The summed E-state index contributed by atoms with van der Waals surface area (Å²) >= 11 is 5.85. The van der Waals surface area contributed by atoms with Gasteiger partial charge in [0, 0.05) is 23.5 Å². The van der Waals surface area contributed by atoms with Gasteiger partial charge in [0.1, 0.15) is 0 Å². The van der Waals surface area contributed by atoms with Crippen LogP contribution in [0.2, 0.25) is 5.02 Å². The molecule has 0 saturated carbocycles. The number of nitrogens with zero attached hydrogens (tertiary/aromatic N) is 1. The lowest BCUT2D eigenvalue weighted by atomic mass is 10.2. The molecular weight excluding hydrogens is 286 g/mol. The molecule has 2 N–H and O–H groups in total. The molecule has 1 amide bonds. The summed E-state index contributed by atoms with van der Waals surface area (Å²) in [7, 11) is 0. The van der Waals surface area contributed by atoms with Gasteiger partial charge in [-0.3, -0.25) is 9.78 Å². The molecule has 110 valence electrons. The summed E-state index contributed by atoms with van der Waals surface area (Å²) < 4.78 is 0. The smallest absolute Gasteiger partial charge is 0.252 e. The number of hydrogen-bond acceptors (Lipinski definition) is 3. The Kier molecular flexibility index (Phi) is 5.17. The second-order valence-corrected chi connectivity index (χ2v) is 5.63. The van der Waals surface area contributed by atoms with Gasteiger partial charge in [-0.1, -0.05) is 25.4 Å². The summed E-state index contributed by atoms with van der Waals surface area (Å²) in [6, 6.07) is 9.12. The number of amides is 1. The number of halogens is 1. The van der Waals surface area contributed by atoms with Crippen LogP contribution in [0.5, 0.6) is 0 Å². The molecule has 0 aliphatic rings. The number of pyridine rings is 1. The van der Waals surface area contributed by atoms with E-state index in [-0.39, 0.29) is 5.91 Å². The zero-order valence-corrected chi connectivity index (χ0v) is 12.8. The quantitative estimate of drug-likeness (QED) is 0.881. The van der Waals surface area contributed by atoms with Gasteiger partial charge in [0.05, 0.1) is 17.4 Å². The van der Waals surface area contributed by atoms with E-state index in [1.54, 1.807) is 30.6 Å². The summed E-state index contributed by atoms with van der Waals surface area (Å²) in [5.74, 6) is 0.299. The Bertz CT molecular complexity index is 611. The number of nitrogens with one attached hydrogen (secondary N) is 2. The van der Waals surface area contributed by atoms with E-state index >= 15 is 0 Å². The monoisotopic (exact) mass is 303 g/mol. The standard InChI is InChI=1S/C16H18ClN3O/c1-11(2)8-19-16(21)12-7-15(10-18-9-12)20-14-5-3-13(17)4-6-14/h3-7,9-11,20H,8H2,1-2H3,(H,19,21). The zero-order valence-electron chi connectivity index (χ0n) is 12.1. The second-order valence-electron chi connectivity index (χ2n) is 5.20. The van der Waals surface area contributed by atoms with Crippen LogP contribution in [0.1, 0.15) is 24.2 Å². The number of aromatic nitrogens is 1. The van der Waals surface area contributed by atoms with Crippen molar-refractivity contribution in [3.8, 4) is 0 Å². The average molecular weight is 304 g/mol. The molecule has 0 aliphatic carbocycles. The van der Waals surface area contributed by atoms with Crippen molar-refractivity contribution in [3.05, 3.63) is 53.3 Å². The highest BCUT2D eigenvalue weighted by molar-refractivity contribution is 6.30. The largest absolute Gasteiger partial charge is 0.354 e. The number of anilines is 2. The maximum Gasteiger partial charge on any atom is 0.252 e. The first-order chi connectivity index (χ1) is 10.0. The van der Waals surface area contributed by atoms with Crippen molar-refractivity contribution in [2.75, 3.05) is 11.9 Å². The van der Waals surface area contributed by atoms with Gasteiger partial charge in [-0.25, -0.2) is 0 Å². The molecule has 0 bridgehead atoms. The number of carbonyl (C=O) groups excluding carboxylic acids is 1. The Balaban J connectivity index is 2.06. The van der Waals surface area contributed by atoms with Gasteiger partial charge in [0.15, 0.2) is 0 Å². The Labute approximate surface area is 129 Å². The van der Waals surface area contributed by atoms with Gasteiger partial charge < -0.3 is 10.6 Å². The molecule has 0 unspecified atom stereocenters. The lowest BCUT2D eigenvalue weighted by molar-refractivity contribution is 0.0948. The van der Waals surface area contributed by atoms with E-state index < -0.39 is 0 Å². The fourth-order valence-electron chi connectivity index (χ4n) is 1.73. The van der Waals surface area contributed by atoms with Crippen LogP contribution in [0, 0.1) is 5.92 Å². The topological polar surface area (TPSA) is 54.0 Å². The van der Waals surface area contributed by atoms with Crippen molar-refractivity contribution in [2.45, 2.75) is 13.8 Å². The zero-order chi connectivity index (χ0) is 15.2. The van der Waals surface area contributed by atoms with Gasteiger partial charge in [-0.05, 0) is 36.2 Å². The lowest BCUT2D eigenvalue weighted by Crippen LogP contribution is -2.27. The molecule has 21 heavy (non-hydrogen) atoms. The molecule has 0 atom stereocenters. The second kappa shape index (κ2) is 7.09. The molecule has 0 aliphatic heterocycles. The van der Waals surface area contributed by atoms with Crippen molar-refractivity contribution in [3.63, 3.8) is 0 Å². The van der Waals surface area contributed by atoms with Crippen LogP contribution in [-0.2, 0) is 0 Å². The fourth-order valence-corrected chi connectivity index (χ4v) is 1.86. The highest BCUT2D eigenvalue weighted by Crippen LogP contribution is 2.19. The van der Waals surface area contributed by atoms with Crippen molar-refractivity contribution in [1.29, 1.82) is 0 Å². The van der Waals surface area contributed by atoms with Gasteiger partial charge in [-0.2, -0.15) is 0 Å². The van der Waals surface area contributed by atoms with Crippen molar-refractivity contribution < 1.29 is 4.79 Å². The van der Waals surface area contributed by atoms with E-state index in [9.17, 15) is 4.79 Å². The minimum Gasteiger partial charge on any atom is -0.354 e. The minimum absolute atomic E-state index is 0.115. The number of hydrogen-bond donors (Lipinski definition) is 2. The Morgan fingerprint density at radius 2 is 1.90 bits per heavy atom. The van der Waals surface area contributed by atoms with Crippen LogP contribution in [0.25, 0.3) is 0 Å². The first-order valence-electron chi connectivity index (χ1n) is 6.80. The Morgan fingerprint density at radius 1 is 1.19 bits per heavy atom. The predicted octanol–water partition coefficient (Wildman–Crippen LogP) is 3.86. The molecule has 1 aromatic carbocycles. The molecule has 1 heterocycles. The van der Waals surface area contributed by atoms with E-state index in [0.29, 0.717) is 23.0 Å². The number of carbonyl (C=O) groups is 1. The van der Waals surface area contributed by atoms with Gasteiger partial charge in [0.25, 0.3) is 5.91 Å². The molecular formula is C16H18ClN3O. The van der Waals surface area contributed by atoms with Crippen LogP contribution in [-0.4, -0.2) is 17.4 Å². The lowest BCUT2D eigenvalue weighted by Gasteiger charge is -2.10. The van der Waals surface area contributed by atoms with Gasteiger partial charge in [-0.15, -0.1) is 0 Å². The molecule has 2 rings (SSSR count). The molecule has 0 saturated heterocycles. The van der Waals surface area contributed by atoms with Crippen LogP contribution in [0.4, 0.5) is 11.4 Å². The fraction of sp³-hybridized carbons (Fsp3) is 0.250. The summed E-state index contributed by atoms with van der Waals surface area (Å²) in [6.07, 6.45) is 3.23. The van der Waals surface area contributed by atoms with E-state index in [1.165, 1.54) is 0 Å². The molecule has 0 fully saturated rings. The Hall–Kier alpha value is -2.07. The number of rotatable bonds is 5. The predicted molar refractivity (Wildman–Crippen MR) is 86.1 cm³/mol. The van der Waals surface area contributed by atoms with Gasteiger partial charge in [0.2, 0.25) is 0 Å². The first-order valence-corrected chi connectivity index (χ1v) is 7.18. The minimum atomic E-state index is -0.115. The van der Waals surface area contributed by atoms with E-state index in [4.69, 9.17) is 11.6 Å². The summed E-state index contributed by atoms with van der Waals surface area (Å²) in [4.78, 5) is 16.1. The maximum atomic E-state index is 12.0. The van der Waals surface area contributed by atoms with Crippen molar-refractivity contribution in [1.82, 2.24) is 10.3 Å². The van der Waals surface area contributed by atoms with E-state index in [0.717, 1.165) is 11.4 Å². The van der Waals surface area contributed by atoms with Gasteiger partial charge >= 0.3 is 0 Å². The van der Waals surface area contributed by atoms with E-state index in [2.05, 4.69) is 29.5 Å². The highest BCUT2D eigenvalue weighted by atomic mass is 35.5. The van der Waals surface area contributed by atoms with Crippen LogP contribution >= 0.6 is 11.6 Å². The third-order valence-corrected chi connectivity index (χ3v) is 3.06. The van der Waals surface area contributed by atoms with Crippen LogP contribution in [0.3, 0.4) is 0 Å². The van der Waals surface area contributed by atoms with Crippen LogP contribution < -0.4 is 10.6 Å². The summed E-state index contributed by atoms with van der Waals surface area (Å²) in [5.41, 5.74) is 2.19. The van der Waals surface area contributed by atoms with E-state index in [1.807, 2.05) is 12.1 Å². The summed E-state index contributed by atoms with van der Waals surface area (Å²) in [5, 5.41) is 6.74. The van der Waals surface area contributed by atoms with Crippen molar-refractivity contribution in [2.24, 2.45) is 5.92 Å².